The first-order chi connectivity index (χ1) is 16.6. The van der Waals surface area contributed by atoms with Crippen molar-refractivity contribution < 1.29 is 24.3 Å². The second kappa shape index (κ2) is 10.0. The molecule has 35 heavy (non-hydrogen) atoms. The summed E-state index contributed by atoms with van der Waals surface area (Å²) < 4.78 is 0.135. The van der Waals surface area contributed by atoms with Crippen LogP contribution in [-0.2, 0) is 19.2 Å². The number of anilines is 1. The van der Waals surface area contributed by atoms with Crippen LogP contribution in [0.3, 0.4) is 0 Å². The number of nitrogen functional groups attached to an aromatic ring is 1. The molecule has 0 radical (unpaired) electrons. The van der Waals surface area contributed by atoms with Crippen LogP contribution in [0.4, 0.5) is 5.13 Å². The maximum Gasteiger partial charge on any atom is 0.352 e. The minimum absolute atomic E-state index is 0.0231. The first kappa shape index (κ1) is 25.3. The molecule has 4 heterocycles. The fourth-order valence-electron chi connectivity index (χ4n) is 3.51. The number of halogens is 1. The van der Waals surface area contributed by atoms with E-state index in [4.69, 9.17) is 22.2 Å². The van der Waals surface area contributed by atoms with E-state index < -0.39 is 29.2 Å². The van der Waals surface area contributed by atoms with Gasteiger partial charge in [0.2, 0.25) is 5.16 Å². The van der Waals surface area contributed by atoms with Gasteiger partial charge in [-0.3, -0.25) is 19.6 Å². The minimum Gasteiger partial charge on any atom is -0.477 e. The lowest BCUT2D eigenvalue weighted by atomic mass is 10.0. The van der Waals surface area contributed by atoms with E-state index in [0.717, 1.165) is 11.3 Å². The zero-order chi connectivity index (χ0) is 25.4. The van der Waals surface area contributed by atoms with Crippen molar-refractivity contribution in [2.45, 2.75) is 35.7 Å². The molecule has 0 spiro atoms. The third-order valence-electron chi connectivity index (χ3n) is 5.06. The lowest BCUT2D eigenvalue weighted by molar-refractivity contribution is -0.150. The Hall–Kier alpha value is -2.82. The third-order valence-corrected chi connectivity index (χ3v) is 8.48. The van der Waals surface area contributed by atoms with Gasteiger partial charge in [0.15, 0.2) is 10.8 Å². The third kappa shape index (κ3) is 4.82. The number of aliphatic carboxylic acids is 1. The summed E-state index contributed by atoms with van der Waals surface area (Å²) in [6.45, 7) is 3.59. The summed E-state index contributed by atoms with van der Waals surface area (Å²) in [5.41, 5.74) is 5.89. The number of hydrogen-bond donors (Lipinski definition) is 4. The van der Waals surface area contributed by atoms with Crippen LogP contribution in [-0.4, -0.2) is 83.2 Å². The van der Waals surface area contributed by atoms with Crippen molar-refractivity contribution in [3.8, 4) is 0 Å². The van der Waals surface area contributed by atoms with E-state index >= 15 is 0 Å². The van der Waals surface area contributed by atoms with Gasteiger partial charge in [-0.2, -0.15) is 0 Å². The second-order valence-electron chi connectivity index (χ2n) is 7.30. The Balaban J connectivity index is 1.53. The highest BCUT2D eigenvalue weighted by Crippen LogP contribution is 2.43. The molecule has 2 unspecified atom stereocenters. The number of oxime groups is 1. The molecule has 1 saturated heterocycles. The molecule has 0 saturated carbocycles. The van der Waals surface area contributed by atoms with Crippen LogP contribution in [0.15, 0.2) is 21.6 Å². The number of H-pyrrole nitrogens is 1. The summed E-state index contributed by atoms with van der Waals surface area (Å²) >= 11 is 9.69. The van der Waals surface area contributed by atoms with E-state index in [1.54, 1.807) is 6.92 Å². The number of thioether (sulfide) groups is 2. The zero-order valence-corrected chi connectivity index (χ0v) is 21.6. The Bertz CT molecular complexity index is 1260. The number of carbonyl (C=O) groups excluding carboxylic acids is 2. The van der Waals surface area contributed by atoms with Crippen LogP contribution in [0.5, 0.6) is 0 Å². The van der Waals surface area contributed by atoms with Gasteiger partial charge in [-0.05, 0) is 19.4 Å². The number of aryl methyl sites for hydroxylation is 1. The largest absolute Gasteiger partial charge is 0.477 e. The number of fused-ring (bicyclic) bond motifs is 1. The minimum atomic E-state index is -1.23. The monoisotopic (exact) mass is 558 g/mol. The molecule has 0 aromatic carbocycles. The van der Waals surface area contributed by atoms with Gasteiger partial charge in [0.1, 0.15) is 40.1 Å². The average molecular weight is 559 g/mol. The van der Waals surface area contributed by atoms with Crippen LogP contribution in [0.1, 0.15) is 18.4 Å². The van der Waals surface area contributed by atoms with Crippen LogP contribution >= 0.6 is 46.5 Å². The molecule has 4 rings (SSSR count). The summed E-state index contributed by atoms with van der Waals surface area (Å²) in [5.74, 6) is -1.56. The maximum absolute atomic E-state index is 13.0. The van der Waals surface area contributed by atoms with Gasteiger partial charge >= 0.3 is 5.97 Å². The van der Waals surface area contributed by atoms with Gasteiger partial charge in [-0.1, -0.05) is 39.9 Å². The Kier molecular flexibility index (Phi) is 7.25. The van der Waals surface area contributed by atoms with E-state index in [2.05, 4.69) is 30.6 Å². The molecule has 2 aromatic heterocycles. The van der Waals surface area contributed by atoms with Crippen molar-refractivity contribution in [2.75, 3.05) is 18.6 Å². The number of carbonyl (C=O) groups is 3. The molecule has 2 aromatic rings. The summed E-state index contributed by atoms with van der Waals surface area (Å²) in [7, 11) is 1.24. The normalized spacial score (nSPS) is 20.9. The van der Waals surface area contributed by atoms with Crippen molar-refractivity contribution in [3.05, 3.63) is 27.1 Å². The van der Waals surface area contributed by atoms with Crippen molar-refractivity contribution in [1.29, 1.82) is 0 Å². The van der Waals surface area contributed by atoms with E-state index in [1.807, 2.05) is 6.92 Å². The highest BCUT2D eigenvalue weighted by molar-refractivity contribution is 8.01. The van der Waals surface area contributed by atoms with Gasteiger partial charge < -0.3 is 21.0 Å². The summed E-state index contributed by atoms with van der Waals surface area (Å²) in [4.78, 5) is 52.2. The predicted molar refractivity (Wildman–Crippen MR) is 131 cm³/mol. The number of amides is 2. The number of carboxylic acids is 1. The molecular formula is C18H19ClN8O5S3. The predicted octanol–water partition coefficient (Wildman–Crippen LogP) is 1.08. The molecule has 2 aliphatic rings. The van der Waals surface area contributed by atoms with E-state index in [1.165, 1.54) is 35.5 Å². The van der Waals surface area contributed by atoms with Crippen molar-refractivity contribution in [3.63, 3.8) is 0 Å². The number of nitrogens with two attached hydrogens (primary N) is 1. The Morgan fingerprint density at radius 3 is 2.77 bits per heavy atom. The lowest BCUT2D eigenvalue weighted by Crippen LogP contribution is -2.71. The summed E-state index contributed by atoms with van der Waals surface area (Å²) in [5, 5.41) is 22.7. The van der Waals surface area contributed by atoms with Crippen LogP contribution in [0.25, 0.3) is 0 Å². The van der Waals surface area contributed by atoms with Gasteiger partial charge in [-0.15, -0.1) is 16.9 Å². The smallest absolute Gasteiger partial charge is 0.352 e. The quantitative estimate of drug-likeness (QED) is 0.157. The Labute approximate surface area is 215 Å². The van der Waals surface area contributed by atoms with Crippen LogP contribution in [0, 0.1) is 6.92 Å². The molecule has 13 nitrogen and oxygen atoms in total. The number of aromatic amines is 1. The van der Waals surface area contributed by atoms with Gasteiger partial charge in [0.05, 0.1) is 0 Å². The highest BCUT2D eigenvalue weighted by Gasteiger charge is 2.55. The maximum atomic E-state index is 13.0. The summed E-state index contributed by atoms with van der Waals surface area (Å²) in [6, 6.07) is -0.973. The standard InChI is InChI=1S/C18H19ClN8O5S3/c1-5(34-18-21-6(2)24-25-18)7-4-33-15-10(14(29)27(15)11(7)16(30)31)22-13(28)9(26-32-3)8-12(19)35-17(20)23-8/h5,10,15H,4H2,1-3H3,(H2,20,23)(H,22,28)(H,30,31)(H,21,24,25)/t5?,10?,15-/m0/s1. The first-order valence-corrected chi connectivity index (χ1v) is 13.1. The SMILES string of the molecule is CON=C(C(=O)NC1C(=O)N2C(C(=O)O)=C(C(C)Sc3n[nH]c(C)n3)CS[C@@H]12)c1nc(N)sc1Cl. The molecular weight excluding hydrogens is 540 g/mol. The Morgan fingerprint density at radius 2 is 2.20 bits per heavy atom. The fourth-order valence-corrected chi connectivity index (χ4v) is 6.96. The van der Waals surface area contributed by atoms with Crippen molar-refractivity contribution in [2.24, 2.45) is 5.16 Å². The number of aromatic nitrogens is 4. The number of carboxylic acid groups (broad SMARTS) is 1. The summed E-state index contributed by atoms with van der Waals surface area (Å²) in [6.07, 6.45) is 0. The molecule has 2 aliphatic heterocycles. The molecule has 0 aliphatic carbocycles. The first-order valence-electron chi connectivity index (χ1n) is 9.93. The van der Waals surface area contributed by atoms with Gasteiger partial charge in [0, 0.05) is 11.0 Å². The molecule has 0 bridgehead atoms. The number of β-lactam (4-membered cyclic amide) rings is 1. The number of rotatable bonds is 8. The van der Waals surface area contributed by atoms with E-state index in [9.17, 15) is 19.5 Å². The molecule has 17 heteroatoms. The highest BCUT2D eigenvalue weighted by atomic mass is 35.5. The molecule has 1 fully saturated rings. The van der Waals surface area contributed by atoms with Crippen LogP contribution in [0.2, 0.25) is 4.34 Å². The topological polar surface area (TPSA) is 189 Å². The zero-order valence-electron chi connectivity index (χ0n) is 18.4. The number of thiazole rings is 1. The van der Waals surface area contributed by atoms with Gasteiger partial charge in [0.25, 0.3) is 11.8 Å². The molecule has 186 valence electrons. The van der Waals surface area contributed by atoms with E-state index in [-0.39, 0.29) is 31.8 Å². The van der Waals surface area contributed by atoms with Crippen molar-refractivity contribution >= 4 is 75.1 Å². The lowest BCUT2D eigenvalue weighted by Gasteiger charge is -2.49. The number of nitrogens with one attached hydrogen (secondary N) is 2. The van der Waals surface area contributed by atoms with Crippen molar-refractivity contribution in [1.82, 2.24) is 30.4 Å². The van der Waals surface area contributed by atoms with Gasteiger partial charge in [-0.25, -0.2) is 14.8 Å². The number of nitrogens with zero attached hydrogens (tertiary/aromatic N) is 5. The Morgan fingerprint density at radius 1 is 1.46 bits per heavy atom. The second-order valence-corrected chi connectivity index (χ2v) is 11.3. The molecule has 2 amide bonds. The van der Waals surface area contributed by atoms with Crippen LogP contribution < -0.4 is 11.1 Å². The fraction of sp³-hybridized carbons (Fsp3) is 0.389. The average Bonchev–Trinajstić information content (AvgIpc) is 3.37. The van der Waals surface area contributed by atoms with E-state index in [0.29, 0.717) is 22.3 Å². The molecule has 3 atom stereocenters. The molecule has 5 N–H and O–H groups in total. The number of hydrogen-bond acceptors (Lipinski definition) is 12.